The fraction of sp³-hybridized carbons (Fsp3) is 0.200. The number of aryl methyl sites for hydroxylation is 2. The highest BCUT2D eigenvalue weighted by Crippen LogP contribution is 2.34. The summed E-state index contributed by atoms with van der Waals surface area (Å²) in [4.78, 5) is 5.44. The number of hydrogen-bond donors (Lipinski definition) is 1. The van der Waals surface area contributed by atoms with Gasteiger partial charge in [-0.1, -0.05) is 11.6 Å². The number of aromatic hydroxyl groups is 1. The summed E-state index contributed by atoms with van der Waals surface area (Å²) in [5.41, 5.74) is 3.31. The molecular formula is C15H14N2OS. The minimum Gasteiger partial charge on any atom is -0.507 e. The highest BCUT2D eigenvalue weighted by atomic mass is 32.1. The average Bonchev–Trinajstić information content (AvgIpc) is 2.66. The fourth-order valence-electron chi connectivity index (χ4n) is 1.74. The van der Waals surface area contributed by atoms with Crippen molar-refractivity contribution in [3.63, 3.8) is 0 Å². The van der Waals surface area contributed by atoms with Crippen molar-refractivity contribution in [2.24, 2.45) is 4.99 Å². The first-order chi connectivity index (χ1) is 9.02. The van der Waals surface area contributed by atoms with Crippen LogP contribution < -0.4 is 0 Å². The maximum absolute atomic E-state index is 9.75. The number of thiophene rings is 1. The topological polar surface area (TPSA) is 56.4 Å². The first kappa shape index (κ1) is 13.3. The van der Waals surface area contributed by atoms with E-state index in [-0.39, 0.29) is 5.75 Å². The van der Waals surface area contributed by atoms with Crippen LogP contribution in [0.15, 0.2) is 23.2 Å². The number of hydrogen-bond acceptors (Lipinski definition) is 4. The molecule has 0 fully saturated rings. The minimum atomic E-state index is 0.192. The highest BCUT2D eigenvalue weighted by Gasteiger charge is 2.10. The predicted molar refractivity (Wildman–Crippen MR) is 78.6 cm³/mol. The molecular weight excluding hydrogens is 256 g/mol. The van der Waals surface area contributed by atoms with Crippen LogP contribution in [0.5, 0.6) is 5.75 Å². The van der Waals surface area contributed by atoms with Gasteiger partial charge < -0.3 is 5.11 Å². The van der Waals surface area contributed by atoms with Gasteiger partial charge in [-0.25, -0.2) is 4.99 Å². The van der Waals surface area contributed by atoms with Crippen molar-refractivity contribution in [3.05, 3.63) is 45.3 Å². The van der Waals surface area contributed by atoms with Crippen LogP contribution in [0.3, 0.4) is 0 Å². The van der Waals surface area contributed by atoms with Crippen molar-refractivity contribution < 1.29 is 5.11 Å². The van der Waals surface area contributed by atoms with Crippen LogP contribution in [0.4, 0.5) is 5.00 Å². The Balaban J connectivity index is 2.41. The Bertz CT molecular complexity index is 693. The van der Waals surface area contributed by atoms with Crippen LogP contribution in [0.25, 0.3) is 0 Å². The summed E-state index contributed by atoms with van der Waals surface area (Å²) in [6, 6.07) is 7.53. The van der Waals surface area contributed by atoms with E-state index in [1.54, 1.807) is 12.3 Å². The van der Waals surface area contributed by atoms with E-state index in [9.17, 15) is 5.11 Å². The number of nitriles is 1. The second kappa shape index (κ2) is 5.25. The number of nitrogens with zero attached hydrogens (tertiary/aromatic N) is 2. The number of rotatable bonds is 2. The molecule has 3 nitrogen and oxygen atoms in total. The number of phenols is 1. The van der Waals surface area contributed by atoms with Crippen molar-refractivity contribution in [2.45, 2.75) is 20.8 Å². The van der Waals surface area contributed by atoms with E-state index in [1.807, 2.05) is 32.9 Å². The van der Waals surface area contributed by atoms with Gasteiger partial charge in [0.05, 0.1) is 5.56 Å². The standard InChI is InChI=1S/C15H14N2OS/c1-9-4-5-14(18)12(6-9)8-17-15-13(7-16)10(2)11(3)19-15/h4-6,8,18H,1-3H3. The van der Waals surface area contributed by atoms with E-state index in [1.165, 1.54) is 11.3 Å². The second-order valence-electron chi connectivity index (χ2n) is 4.40. The molecule has 1 aromatic carbocycles. The summed E-state index contributed by atoms with van der Waals surface area (Å²) >= 11 is 1.49. The molecule has 1 aromatic heterocycles. The molecule has 4 heteroatoms. The molecule has 2 aromatic rings. The maximum Gasteiger partial charge on any atom is 0.134 e. The van der Waals surface area contributed by atoms with Crippen LogP contribution in [0.1, 0.15) is 27.1 Å². The van der Waals surface area contributed by atoms with Gasteiger partial charge in [0.15, 0.2) is 0 Å². The molecule has 1 heterocycles. The summed E-state index contributed by atoms with van der Waals surface area (Å²) in [6.07, 6.45) is 1.61. The van der Waals surface area contributed by atoms with Gasteiger partial charge in [-0.15, -0.1) is 11.3 Å². The molecule has 1 N–H and O–H groups in total. The first-order valence-electron chi connectivity index (χ1n) is 5.86. The Morgan fingerprint density at radius 1 is 1.32 bits per heavy atom. The van der Waals surface area contributed by atoms with Gasteiger partial charge in [0.1, 0.15) is 16.8 Å². The molecule has 0 atom stereocenters. The molecule has 0 saturated carbocycles. The van der Waals surface area contributed by atoms with Crippen molar-refractivity contribution in [2.75, 3.05) is 0 Å². The lowest BCUT2D eigenvalue weighted by Crippen LogP contribution is -1.84. The molecule has 0 bridgehead atoms. The zero-order valence-electron chi connectivity index (χ0n) is 11.1. The van der Waals surface area contributed by atoms with Gasteiger partial charge in [0.2, 0.25) is 0 Å². The number of benzene rings is 1. The Hall–Kier alpha value is -2.12. The van der Waals surface area contributed by atoms with E-state index in [4.69, 9.17) is 5.26 Å². The number of phenolic OH excluding ortho intramolecular Hbond substituents is 1. The first-order valence-corrected chi connectivity index (χ1v) is 6.68. The van der Waals surface area contributed by atoms with Gasteiger partial charge in [0, 0.05) is 16.7 Å². The summed E-state index contributed by atoms with van der Waals surface area (Å²) < 4.78 is 0. The molecule has 19 heavy (non-hydrogen) atoms. The third kappa shape index (κ3) is 2.67. The van der Waals surface area contributed by atoms with Gasteiger partial charge in [-0.2, -0.15) is 5.26 Å². The quantitative estimate of drug-likeness (QED) is 0.838. The normalized spacial score (nSPS) is 10.8. The smallest absolute Gasteiger partial charge is 0.134 e. The fourth-order valence-corrected chi connectivity index (χ4v) is 2.69. The monoisotopic (exact) mass is 270 g/mol. The van der Waals surface area contributed by atoms with Crippen molar-refractivity contribution in [1.82, 2.24) is 0 Å². The third-order valence-corrected chi connectivity index (χ3v) is 4.10. The lowest BCUT2D eigenvalue weighted by atomic mass is 10.1. The van der Waals surface area contributed by atoms with Gasteiger partial charge >= 0.3 is 0 Å². The van der Waals surface area contributed by atoms with Crippen LogP contribution >= 0.6 is 11.3 Å². The summed E-state index contributed by atoms with van der Waals surface area (Å²) in [5.74, 6) is 0.192. The summed E-state index contributed by atoms with van der Waals surface area (Å²) in [5, 5.41) is 19.6. The van der Waals surface area contributed by atoms with Crippen LogP contribution in [-0.4, -0.2) is 11.3 Å². The van der Waals surface area contributed by atoms with Crippen LogP contribution in [0, 0.1) is 32.1 Å². The van der Waals surface area contributed by atoms with Crippen LogP contribution in [-0.2, 0) is 0 Å². The van der Waals surface area contributed by atoms with E-state index in [2.05, 4.69) is 11.1 Å². The zero-order valence-corrected chi connectivity index (χ0v) is 11.9. The maximum atomic E-state index is 9.75. The van der Waals surface area contributed by atoms with E-state index >= 15 is 0 Å². The van der Waals surface area contributed by atoms with Gasteiger partial charge in [0.25, 0.3) is 0 Å². The largest absolute Gasteiger partial charge is 0.507 e. The molecule has 0 aliphatic rings. The Kier molecular flexibility index (Phi) is 3.68. The molecule has 0 aliphatic carbocycles. The molecule has 0 radical (unpaired) electrons. The van der Waals surface area contributed by atoms with Crippen molar-refractivity contribution in [1.29, 1.82) is 5.26 Å². The van der Waals surface area contributed by atoms with E-state index in [0.717, 1.165) is 16.0 Å². The molecule has 2 rings (SSSR count). The summed E-state index contributed by atoms with van der Waals surface area (Å²) in [6.45, 7) is 5.86. The Labute approximate surface area is 116 Å². The van der Waals surface area contributed by atoms with Crippen molar-refractivity contribution in [3.8, 4) is 11.8 Å². The highest BCUT2D eigenvalue weighted by molar-refractivity contribution is 7.16. The van der Waals surface area contributed by atoms with E-state index < -0.39 is 0 Å². The number of aliphatic imine (C=N–C) groups is 1. The predicted octanol–water partition coefficient (Wildman–Crippen LogP) is 4.00. The van der Waals surface area contributed by atoms with Crippen molar-refractivity contribution >= 4 is 22.6 Å². The Morgan fingerprint density at radius 3 is 2.74 bits per heavy atom. The van der Waals surface area contributed by atoms with Gasteiger partial charge in [-0.3, -0.25) is 0 Å². The molecule has 96 valence electrons. The minimum absolute atomic E-state index is 0.192. The lowest BCUT2D eigenvalue weighted by Gasteiger charge is -1.99. The lowest BCUT2D eigenvalue weighted by molar-refractivity contribution is 0.474. The zero-order chi connectivity index (χ0) is 14.0. The summed E-state index contributed by atoms with van der Waals surface area (Å²) in [7, 11) is 0. The molecule has 0 amide bonds. The SMILES string of the molecule is Cc1ccc(O)c(C=Nc2sc(C)c(C)c2C#N)c1. The third-order valence-electron chi connectivity index (χ3n) is 2.98. The molecule has 0 spiro atoms. The second-order valence-corrected chi connectivity index (χ2v) is 5.60. The average molecular weight is 270 g/mol. The molecule has 0 saturated heterocycles. The van der Waals surface area contributed by atoms with E-state index in [0.29, 0.717) is 16.1 Å². The van der Waals surface area contributed by atoms with Crippen LogP contribution in [0.2, 0.25) is 0 Å². The molecule has 0 aliphatic heterocycles. The Morgan fingerprint density at radius 2 is 2.05 bits per heavy atom. The van der Waals surface area contributed by atoms with Gasteiger partial charge in [-0.05, 0) is 38.5 Å². The molecule has 0 unspecified atom stereocenters.